The second-order valence-electron chi connectivity index (χ2n) is 4.33. The zero-order valence-electron chi connectivity index (χ0n) is 10.4. The molecule has 0 saturated heterocycles. The summed E-state index contributed by atoms with van der Waals surface area (Å²) < 4.78 is 0.983. The molecular formula is C15H15BrN2O. The summed E-state index contributed by atoms with van der Waals surface area (Å²) >= 11 is 3.39. The van der Waals surface area contributed by atoms with E-state index in [1.165, 1.54) is 0 Å². The van der Waals surface area contributed by atoms with E-state index in [2.05, 4.69) is 21.2 Å². The lowest BCUT2D eigenvalue weighted by Gasteiger charge is -2.06. The van der Waals surface area contributed by atoms with Gasteiger partial charge < -0.3 is 11.1 Å². The van der Waals surface area contributed by atoms with E-state index in [0.29, 0.717) is 13.0 Å². The van der Waals surface area contributed by atoms with Gasteiger partial charge in [-0.1, -0.05) is 40.2 Å². The molecule has 4 heteroatoms. The van der Waals surface area contributed by atoms with Crippen molar-refractivity contribution in [1.82, 2.24) is 5.32 Å². The van der Waals surface area contributed by atoms with Gasteiger partial charge in [0.2, 0.25) is 5.91 Å². The normalized spacial score (nSPS) is 10.2. The predicted octanol–water partition coefficient (Wildman–Crippen LogP) is 2.89. The Morgan fingerprint density at radius 3 is 2.53 bits per heavy atom. The van der Waals surface area contributed by atoms with Crippen molar-refractivity contribution in [2.45, 2.75) is 13.0 Å². The fourth-order valence-electron chi connectivity index (χ4n) is 1.73. The standard InChI is InChI=1S/C15H15BrN2O/c16-13-3-1-2-12(8-13)9-15(19)18-10-11-4-6-14(17)7-5-11/h1-8H,9-10,17H2,(H,18,19). The topological polar surface area (TPSA) is 55.1 Å². The molecule has 0 aliphatic heterocycles. The van der Waals surface area contributed by atoms with Crippen LogP contribution in [0.1, 0.15) is 11.1 Å². The van der Waals surface area contributed by atoms with Gasteiger partial charge in [-0.3, -0.25) is 4.79 Å². The van der Waals surface area contributed by atoms with Crippen molar-refractivity contribution < 1.29 is 4.79 Å². The molecule has 0 saturated carbocycles. The highest BCUT2D eigenvalue weighted by Crippen LogP contribution is 2.12. The van der Waals surface area contributed by atoms with Crippen LogP contribution in [-0.4, -0.2) is 5.91 Å². The molecule has 3 nitrogen and oxygen atoms in total. The largest absolute Gasteiger partial charge is 0.399 e. The van der Waals surface area contributed by atoms with Crippen LogP contribution in [0.25, 0.3) is 0 Å². The number of nitrogens with one attached hydrogen (secondary N) is 1. The van der Waals surface area contributed by atoms with Crippen molar-refractivity contribution in [2.24, 2.45) is 0 Å². The summed E-state index contributed by atoms with van der Waals surface area (Å²) in [5.41, 5.74) is 8.36. The highest BCUT2D eigenvalue weighted by Gasteiger charge is 2.03. The molecule has 2 aromatic rings. The van der Waals surface area contributed by atoms with Crippen molar-refractivity contribution in [2.75, 3.05) is 5.73 Å². The molecule has 2 rings (SSSR count). The Hall–Kier alpha value is -1.81. The molecule has 0 aliphatic rings. The summed E-state index contributed by atoms with van der Waals surface area (Å²) in [6.45, 7) is 0.521. The number of hydrogen-bond donors (Lipinski definition) is 2. The average molecular weight is 319 g/mol. The first-order chi connectivity index (χ1) is 9.13. The number of rotatable bonds is 4. The number of hydrogen-bond acceptors (Lipinski definition) is 2. The number of benzene rings is 2. The second kappa shape index (κ2) is 6.38. The van der Waals surface area contributed by atoms with E-state index in [1.54, 1.807) is 0 Å². The first-order valence-corrected chi connectivity index (χ1v) is 6.78. The maximum atomic E-state index is 11.8. The molecule has 0 spiro atoms. The van der Waals surface area contributed by atoms with Crippen LogP contribution in [0.3, 0.4) is 0 Å². The molecule has 0 unspecified atom stereocenters. The van der Waals surface area contributed by atoms with Crippen LogP contribution >= 0.6 is 15.9 Å². The molecule has 19 heavy (non-hydrogen) atoms. The molecule has 0 bridgehead atoms. The molecule has 98 valence electrons. The van der Waals surface area contributed by atoms with Crippen molar-refractivity contribution in [3.8, 4) is 0 Å². The Morgan fingerprint density at radius 2 is 1.84 bits per heavy atom. The van der Waals surface area contributed by atoms with Gasteiger partial charge in [0.25, 0.3) is 0 Å². The summed E-state index contributed by atoms with van der Waals surface area (Å²) in [4.78, 5) is 11.8. The van der Waals surface area contributed by atoms with E-state index >= 15 is 0 Å². The van der Waals surface area contributed by atoms with Gasteiger partial charge >= 0.3 is 0 Å². The third kappa shape index (κ3) is 4.41. The highest BCUT2D eigenvalue weighted by molar-refractivity contribution is 9.10. The molecule has 0 heterocycles. The van der Waals surface area contributed by atoms with Gasteiger partial charge in [-0.2, -0.15) is 0 Å². The van der Waals surface area contributed by atoms with Crippen LogP contribution in [0.15, 0.2) is 53.0 Å². The zero-order chi connectivity index (χ0) is 13.7. The van der Waals surface area contributed by atoms with E-state index in [1.807, 2.05) is 48.5 Å². The van der Waals surface area contributed by atoms with Crippen LogP contribution in [0.5, 0.6) is 0 Å². The van der Waals surface area contributed by atoms with Crippen LogP contribution in [0, 0.1) is 0 Å². The van der Waals surface area contributed by atoms with Crippen LogP contribution < -0.4 is 11.1 Å². The van der Waals surface area contributed by atoms with Gasteiger partial charge in [0.1, 0.15) is 0 Å². The number of halogens is 1. The van der Waals surface area contributed by atoms with Gasteiger partial charge in [-0.25, -0.2) is 0 Å². The molecule has 2 aromatic carbocycles. The molecule has 0 aromatic heterocycles. The van der Waals surface area contributed by atoms with Crippen molar-refractivity contribution in [3.63, 3.8) is 0 Å². The Morgan fingerprint density at radius 1 is 1.11 bits per heavy atom. The lowest BCUT2D eigenvalue weighted by molar-refractivity contribution is -0.120. The summed E-state index contributed by atoms with van der Waals surface area (Å²) in [6, 6.07) is 15.2. The number of nitrogens with two attached hydrogens (primary N) is 1. The number of carbonyl (C=O) groups is 1. The summed E-state index contributed by atoms with van der Waals surface area (Å²) in [5.74, 6) is 0.00919. The van der Waals surface area contributed by atoms with Gasteiger partial charge in [0, 0.05) is 16.7 Å². The smallest absolute Gasteiger partial charge is 0.224 e. The molecule has 0 fully saturated rings. The summed E-state index contributed by atoms with van der Waals surface area (Å²) in [7, 11) is 0. The van der Waals surface area contributed by atoms with E-state index in [9.17, 15) is 4.79 Å². The monoisotopic (exact) mass is 318 g/mol. The Balaban J connectivity index is 1.86. The number of amides is 1. The second-order valence-corrected chi connectivity index (χ2v) is 5.24. The zero-order valence-corrected chi connectivity index (χ0v) is 12.0. The van der Waals surface area contributed by atoms with Crippen molar-refractivity contribution in [1.29, 1.82) is 0 Å². The van der Waals surface area contributed by atoms with E-state index in [-0.39, 0.29) is 5.91 Å². The lowest BCUT2D eigenvalue weighted by atomic mass is 10.1. The molecule has 1 amide bonds. The van der Waals surface area contributed by atoms with Gasteiger partial charge in [0.05, 0.1) is 6.42 Å². The van der Waals surface area contributed by atoms with Crippen LogP contribution in [-0.2, 0) is 17.8 Å². The van der Waals surface area contributed by atoms with Crippen LogP contribution in [0.4, 0.5) is 5.69 Å². The minimum absolute atomic E-state index is 0.00919. The fourth-order valence-corrected chi connectivity index (χ4v) is 2.18. The Kier molecular flexibility index (Phi) is 4.58. The van der Waals surface area contributed by atoms with Gasteiger partial charge in [-0.15, -0.1) is 0 Å². The molecule has 0 atom stereocenters. The molecule has 0 aliphatic carbocycles. The number of carbonyl (C=O) groups excluding carboxylic acids is 1. The minimum atomic E-state index is 0.00919. The molecule has 3 N–H and O–H groups in total. The number of nitrogen functional groups attached to an aromatic ring is 1. The maximum absolute atomic E-state index is 11.8. The fraction of sp³-hybridized carbons (Fsp3) is 0.133. The van der Waals surface area contributed by atoms with E-state index < -0.39 is 0 Å². The summed E-state index contributed by atoms with van der Waals surface area (Å²) in [5, 5.41) is 2.89. The first-order valence-electron chi connectivity index (χ1n) is 5.99. The third-order valence-electron chi connectivity index (χ3n) is 2.72. The van der Waals surface area contributed by atoms with E-state index in [4.69, 9.17) is 5.73 Å². The quantitative estimate of drug-likeness (QED) is 0.852. The minimum Gasteiger partial charge on any atom is -0.399 e. The van der Waals surface area contributed by atoms with E-state index in [0.717, 1.165) is 21.3 Å². The lowest BCUT2D eigenvalue weighted by Crippen LogP contribution is -2.24. The maximum Gasteiger partial charge on any atom is 0.224 e. The Labute approximate surface area is 121 Å². The highest BCUT2D eigenvalue weighted by atomic mass is 79.9. The summed E-state index contributed by atoms with van der Waals surface area (Å²) in [6.07, 6.45) is 0.383. The number of anilines is 1. The van der Waals surface area contributed by atoms with Crippen LogP contribution in [0.2, 0.25) is 0 Å². The van der Waals surface area contributed by atoms with Gasteiger partial charge in [-0.05, 0) is 35.4 Å². The first kappa shape index (κ1) is 13.6. The third-order valence-corrected chi connectivity index (χ3v) is 3.22. The predicted molar refractivity (Wildman–Crippen MR) is 80.5 cm³/mol. The van der Waals surface area contributed by atoms with Gasteiger partial charge in [0.15, 0.2) is 0 Å². The molecular weight excluding hydrogens is 304 g/mol. The van der Waals surface area contributed by atoms with Crippen molar-refractivity contribution in [3.05, 3.63) is 64.1 Å². The molecule has 0 radical (unpaired) electrons. The van der Waals surface area contributed by atoms with Crippen molar-refractivity contribution >= 4 is 27.5 Å². The SMILES string of the molecule is Nc1ccc(CNC(=O)Cc2cccc(Br)c2)cc1. The Bertz CT molecular complexity index is 567. The average Bonchev–Trinajstić information content (AvgIpc) is 2.38.